The van der Waals surface area contributed by atoms with Crippen LogP contribution in [0.1, 0.15) is 0 Å². The lowest BCUT2D eigenvalue weighted by atomic mass is 10.0. The summed E-state index contributed by atoms with van der Waals surface area (Å²) in [6.45, 7) is 0. The maximum atomic E-state index is 5.28. The lowest BCUT2D eigenvalue weighted by Gasteiger charge is -2.15. The zero-order valence-corrected chi connectivity index (χ0v) is 33.3. The Kier molecular flexibility index (Phi) is 8.35. The highest BCUT2D eigenvalue weighted by molar-refractivity contribution is 6.19. The van der Waals surface area contributed by atoms with Crippen LogP contribution in [0.4, 0.5) is 0 Å². The summed E-state index contributed by atoms with van der Waals surface area (Å²) in [6, 6.07) is 73.3. The normalized spacial score (nSPS) is 11.5. The Balaban J connectivity index is 1.14. The summed E-state index contributed by atoms with van der Waals surface area (Å²) in [6.07, 6.45) is 0. The maximum Gasteiger partial charge on any atom is 0.238 e. The van der Waals surface area contributed by atoms with Crippen molar-refractivity contribution in [3.8, 4) is 68.3 Å². The molecule has 0 spiro atoms. The van der Waals surface area contributed by atoms with Crippen molar-refractivity contribution >= 4 is 43.6 Å². The highest BCUT2D eigenvalue weighted by Crippen LogP contribution is 2.41. The molecule has 0 aliphatic heterocycles. The smallest absolute Gasteiger partial charge is 0.238 e. The molecule has 0 aliphatic carbocycles. The van der Waals surface area contributed by atoms with Gasteiger partial charge in [0, 0.05) is 49.4 Å². The number of nitrogens with zero attached hydrogens (tertiary/aromatic N) is 7. The van der Waals surface area contributed by atoms with Crippen molar-refractivity contribution in [3.63, 3.8) is 0 Å². The molecule has 7 heteroatoms. The summed E-state index contributed by atoms with van der Waals surface area (Å²) in [7, 11) is 0. The van der Waals surface area contributed by atoms with Gasteiger partial charge in [0.1, 0.15) is 0 Å². The van der Waals surface area contributed by atoms with Gasteiger partial charge in [0.2, 0.25) is 5.95 Å². The minimum atomic E-state index is 0.550. The van der Waals surface area contributed by atoms with Crippen LogP contribution in [0.3, 0.4) is 0 Å². The van der Waals surface area contributed by atoms with E-state index in [1.807, 2.05) is 97.1 Å². The van der Waals surface area contributed by atoms with Gasteiger partial charge in [0.15, 0.2) is 17.5 Å². The first kappa shape index (κ1) is 35.4. The minimum absolute atomic E-state index is 0.550. The van der Waals surface area contributed by atoms with Crippen molar-refractivity contribution in [2.75, 3.05) is 0 Å². The molecule has 8 aromatic carbocycles. The number of aromatic nitrogens is 7. The van der Waals surface area contributed by atoms with Crippen LogP contribution in [0.15, 0.2) is 212 Å². The van der Waals surface area contributed by atoms with Gasteiger partial charge in [-0.25, -0.2) is 15.0 Å². The topological polar surface area (TPSA) is 74.3 Å². The quantitative estimate of drug-likeness (QED) is 0.161. The molecule has 290 valence electrons. The van der Waals surface area contributed by atoms with E-state index in [1.165, 1.54) is 0 Å². The van der Waals surface area contributed by atoms with E-state index >= 15 is 0 Å². The number of fused-ring (bicyclic) bond motifs is 6. The first-order chi connectivity index (χ1) is 30.7. The Morgan fingerprint density at radius 3 is 1.29 bits per heavy atom. The van der Waals surface area contributed by atoms with Crippen LogP contribution < -0.4 is 0 Å². The molecule has 7 nitrogen and oxygen atoms in total. The Labute approximate surface area is 356 Å². The fraction of sp³-hybridized carbons (Fsp3) is 0. The summed E-state index contributed by atoms with van der Waals surface area (Å²) in [5.74, 6) is 2.44. The van der Waals surface area contributed by atoms with Gasteiger partial charge in [-0.3, -0.25) is 4.57 Å². The van der Waals surface area contributed by atoms with E-state index in [4.69, 9.17) is 24.9 Å². The molecule has 0 amide bonds. The molecule has 0 radical (unpaired) electrons. The van der Waals surface area contributed by atoms with Crippen LogP contribution in [0, 0.1) is 0 Å². The maximum absolute atomic E-state index is 5.28. The average molecular weight is 794 g/mol. The lowest BCUT2D eigenvalue weighted by Crippen LogP contribution is -2.06. The molecular formula is C55H35N7. The van der Waals surface area contributed by atoms with Gasteiger partial charge >= 0.3 is 0 Å². The molecule has 62 heavy (non-hydrogen) atoms. The van der Waals surface area contributed by atoms with Gasteiger partial charge in [-0.1, -0.05) is 176 Å². The summed E-state index contributed by atoms with van der Waals surface area (Å²) in [4.78, 5) is 25.8. The van der Waals surface area contributed by atoms with E-state index in [2.05, 4.69) is 124 Å². The number of para-hydroxylation sites is 3. The van der Waals surface area contributed by atoms with Gasteiger partial charge in [0.25, 0.3) is 0 Å². The van der Waals surface area contributed by atoms with E-state index in [-0.39, 0.29) is 0 Å². The van der Waals surface area contributed by atoms with Gasteiger partial charge in [-0.2, -0.15) is 9.97 Å². The van der Waals surface area contributed by atoms with E-state index < -0.39 is 0 Å². The number of benzene rings is 8. The number of hydrogen-bond donors (Lipinski definition) is 0. The third-order valence-electron chi connectivity index (χ3n) is 11.6. The van der Waals surface area contributed by atoms with Gasteiger partial charge in [-0.15, -0.1) is 0 Å². The minimum Gasteiger partial charge on any atom is -0.308 e. The fourth-order valence-corrected chi connectivity index (χ4v) is 8.75. The zero-order chi connectivity index (χ0) is 41.0. The Morgan fingerprint density at radius 1 is 0.274 bits per heavy atom. The number of hydrogen-bond acceptors (Lipinski definition) is 5. The van der Waals surface area contributed by atoms with Crippen molar-refractivity contribution in [2.45, 2.75) is 0 Å². The van der Waals surface area contributed by atoms with Gasteiger partial charge in [-0.05, 0) is 36.4 Å². The van der Waals surface area contributed by atoms with Crippen LogP contribution >= 0.6 is 0 Å². The molecule has 12 rings (SSSR count). The molecule has 4 heterocycles. The molecule has 0 aliphatic rings. The van der Waals surface area contributed by atoms with Crippen LogP contribution in [-0.4, -0.2) is 34.1 Å². The molecular weight excluding hydrogens is 759 g/mol. The van der Waals surface area contributed by atoms with Crippen LogP contribution in [0.5, 0.6) is 0 Å². The number of rotatable bonds is 7. The summed E-state index contributed by atoms with van der Waals surface area (Å²) in [5.41, 5.74) is 11.7. The average Bonchev–Trinajstić information content (AvgIpc) is 3.86. The fourth-order valence-electron chi connectivity index (χ4n) is 8.75. The van der Waals surface area contributed by atoms with Gasteiger partial charge in [0.05, 0.1) is 39.1 Å². The monoisotopic (exact) mass is 793 g/mol. The SMILES string of the molecule is c1ccc(-c2cc(-c3ccccc3-n3c4ccccc4c4cc5c6ccccc6n(-c6nc(-c7ccccc7)nc(-c7ccccc7)n6)c5cc43)nc(-c3ccccc3)n2)cc1. The van der Waals surface area contributed by atoms with E-state index in [0.717, 1.165) is 88.5 Å². The van der Waals surface area contributed by atoms with E-state index in [9.17, 15) is 0 Å². The molecule has 0 N–H and O–H groups in total. The summed E-state index contributed by atoms with van der Waals surface area (Å²) in [5, 5.41) is 4.54. The van der Waals surface area contributed by atoms with E-state index in [0.29, 0.717) is 23.4 Å². The second kappa shape index (κ2) is 14.6. The molecule has 12 aromatic rings. The molecule has 0 saturated carbocycles. The predicted molar refractivity (Wildman–Crippen MR) is 251 cm³/mol. The van der Waals surface area contributed by atoms with Crippen molar-refractivity contribution in [3.05, 3.63) is 212 Å². The second-order valence-electron chi connectivity index (χ2n) is 15.3. The highest BCUT2D eigenvalue weighted by Gasteiger charge is 2.23. The molecule has 4 aromatic heterocycles. The van der Waals surface area contributed by atoms with Crippen LogP contribution in [-0.2, 0) is 0 Å². The molecule has 0 bridgehead atoms. The van der Waals surface area contributed by atoms with Crippen molar-refractivity contribution in [2.24, 2.45) is 0 Å². The molecule has 0 saturated heterocycles. The van der Waals surface area contributed by atoms with Crippen molar-refractivity contribution < 1.29 is 0 Å². The largest absolute Gasteiger partial charge is 0.308 e. The lowest BCUT2D eigenvalue weighted by molar-refractivity contribution is 0.953. The molecule has 0 fully saturated rings. The van der Waals surface area contributed by atoms with Gasteiger partial charge < -0.3 is 4.57 Å². The summed E-state index contributed by atoms with van der Waals surface area (Å²) < 4.78 is 4.58. The first-order valence-corrected chi connectivity index (χ1v) is 20.7. The van der Waals surface area contributed by atoms with Crippen molar-refractivity contribution in [1.29, 1.82) is 0 Å². The first-order valence-electron chi connectivity index (χ1n) is 20.7. The zero-order valence-electron chi connectivity index (χ0n) is 33.3. The Hall–Kier alpha value is -8.55. The van der Waals surface area contributed by atoms with Crippen LogP contribution in [0.25, 0.3) is 112 Å². The third kappa shape index (κ3) is 5.94. The molecule has 0 atom stereocenters. The highest BCUT2D eigenvalue weighted by atomic mass is 15.2. The van der Waals surface area contributed by atoms with E-state index in [1.54, 1.807) is 0 Å². The predicted octanol–water partition coefficient (Wildman–Crippen LogP) is 13.2. The van der Waals surface area contributed by atoms with Crippen molar-refractivity contribution in [1.82, 2.24) is 34.1 Å². The summed E-state index contributed by atoms with van der Waals surface area (Å²) >= 11 is 0. The second-order valence-corrected chi connectivity index (χ2v) is 15.3. The Morgan fingerprint density at radius 2 is 0.710 bits per heavy atom. The van der Waals surface area contributed by atoms with Crippen LogP contribution in [0.2, 0.25) is 0 Å². The molecule has 0 unspecified atom stereocenters. The third-order valence-corrected chi connectivity index (χ3v) is 11.6. The Bertz CT molecular complexity index is 3500. The standard InChI is InChI=1S/C55H35N7/c1-5-19-36(20-6-1)45-34-46(57-52(56-45)37-21-7-2-8-22-37)42-29-15-18-32-49(42)61-47-30-16-13-27-40(47)43-33-44-41-28-14-17-31-48(41)62(51(44)35-50(43)61)55-59-53(38-23-9-3-10-24-38)58-54(60-55)39-25-11-4-12-26-39/h1-35H.